The van der Waals surface area contributed by atoms with Crippen LogP contribution in [-0.4, -0.2) is 39.4 Å². The fourth-order valence-corrected chi connectivity index (χ4v) is 4.18. The number of pyridine rings is 1. The molecule has 1 aliphatic heterocycles. The van der Waals surface area contributed by atoms with E-state index in [0.29, 0.717) is 30.3 Å². The largest absolute Gasteiger partial charge is 0.336 e. The summed E-state index contributed by atoms with van der Waals surface area (Å²) in [6.07, 6.45) is 0.665. The van der Waals surface area contributed by atoms with Crippen LogP contribution in [0.25, 0.3) is 10.9 Å². The molecule has 0 aliphatic carbocycles. The van der Waals surface area contributed by atoms with Crippen LogP contribution in [0.2, 0.25) is 0 Å². The molecule has 3 aromatic rings. The van der Waals surface area contributed by atoms with Gasteiger partial charge in [-0.05, 0) is 26.0 Å². The van der Waals surface area contributed by atoms with E-state index < -0.39 is 0 Å². The third-order valence-electron chi connectivity index (χ3n) is 4.48. The Hall–Kier alpha value is -3.00. The van der Waals surface area contributed by atoms with E-state index in [2.05, 4.69) is 20.6 Å². The highest BCUT2D eigenvalue weighted by molar-refractivity contribution is 7.15. The van der Waals surface area contributed by atoms with Crippen LogP contribution in [-0.2, 0) is 13.0 Å². The lowest BCUT2D eigenvalue weighted by Gasteiger charge is -2.25. The zero-order chi connectivity index (χ0) is 19.7. The average molecular weight is 395 g/mol. The summed E-state index contributed by atoms with van der Waals surface area (Å²) in [6.45, 7) is 4.86. The van der Waals surface area contributed by atoms with Crippen molar-refractivity contribution in [1.82, 2.24) is 20.2 Å². The minimum Gasteiger partial charge on any atom is -0.336 e. The molecule has 0 fully saturated rings. The number of carbonyl (C=O) groups is 2. The molecule has 1 aliphatic rings. The number of hydrogen-bond donors (Lipinski definition) is 2. The molecule has 2 N–H and O–H groups in total. The Kier molecular flexibility index (Phi) is 4.95. The van der Waals surface area contributed by atoms with Crippen molar-refractivity contribution in [2.45, 2.75) is 32.9 Å². The number of carbonyl (C=O) groups excluding carboxylic acids is 2. The second-order valence-corrected chi connectivity index (χ2v) is 8.09. The predicted octanol–water partition coefficient (Wildman–Crippen LogP) is 3.42. The third kappa shape index (κ3) is 3.82. The van der Waals surface area contributed by atoms with Crippen molar-refractivity contribution < 1.29 is 9.59 Å². The number of para-hydroxylation sites is 1. The SMILES string of the molecule is CC(C)NC(=O)Nc1nc2c(s1)CN(C(=O)c1ccc3ccccc3n1)CC2. The van der Waals surface area contributed by atoms with Crippen molar-refractivity contribution in [3.8, 4) is 0 Å². The smallest absolute Gasteiger partial charge is 0.321 e. The second-order valence-electron chi connectivity index (χ2n) is 7.01. The number of thiazole rings is 1. The van der Waals surface area contributed by atoms with Gasteiger partial charge in [0.05, 0.1) is 17.8 Å². The van der Waals surface area contributed by atoms with Crippen LogP contribution < -0.4 is 10.6 Å². The Balaban J connectivity index is 1.48. The Bertz CT molecular complexity index is 1050. The highest BCUT2D eigenvalue weighted by atomic mass is 32.1. The zero-order valence-corrected chi connectivity index (χ0v) is 16.5. The fraction of sp³-hybridized carbons (Fsp3) is 0.300. The summed E-state index contributed by atoms with van der Waals surface area (Å²) in [5.74, 6) is -0.0862. The van der Waals surface area contributed by atoms with Gasteiger partial charge in [-0.3, -0.25) is 10.1 Å². The molecule has 0 spiro atoms. The number of amides is 3. The van der Waals surface area contributed by atoms with Gasteiger partial charge in [-0.1, -0.05) is 35.6 Å². The first-order chi connectivity index (χ1) is 13.5. The first-order valence-electron chi connectivity index (χ1n) is 9.21. The summed E-state index contributed by atoms with van der Waals surface area (Å²) in [5.41, 5.74) is 2.20. The molecule has 7 nitrogen and oxygen atoms in total. The van der Waals surface area contributed by atoms with Crippen LogP contribution in [0.15, 0.2) is 36.4 Å². The molecule has 0 saturated heterocycles. The molecule has 0 bridgehead atoms. The Morgan fingerprint density at radius 1 is 1.14 bits per heavy atom. The molecule has 28 heavy (non-hydrogen) atoms. The van der Waals surface area contributed by atoms with E-state index in [1.54, 1.807) is 11.0 Å². The van der Waals surface area contributed by atoms with E-state index in [1.807, 2.05) is 44.2 Å². The molecule has 0 radical (unpaired) electrons. The van der Waals surface area contributed by atoms with Crippen molar-refractivity contribution in [3.63, 3.8) is 0 Å². The molecule has 0 unspecified atom stereocenters. The van der Waals surface area contributed by atoms with Crippen LogP contribution in [0.1, 0.15) is 34.9 Å². The maximum atomic E-state index is 12.9. The molecule has 2 aromatic heterocycles. The van der Waals surface area contributed by atoms with Crippen molar-refractivity contribution in [3.05, 3.63) is 52.7 Å². The summed E-state index contributed by atoms with van der Waals surface area (Å²) in [7, 11) is 0. The molecule has 4 rings (SSSR count). The number of rotatable bonds is 3. The maximum absolute atomic E-state index is 12.9. The Labute approximate surface area is 166 Å². The molecule has 0 atom stereocenters. The lowest BCUT2D eigenvalue weighted by Crippen LogP contribution is -2.36. The van der Waals surface area contributed by atoms with Crippen molar-refractivity contribution in [1.29, 1.82) is 0 Å². The van der Waals surface area contributed by atoms with Crippen LogP contribution in [0.4, 0.5) is 9.93 Å². The van der Waals surface area contributed by atoms with E-state index >= 15 is 0 Å². The van der Waals surface area contributed by atoms with E-state index in [0.717, 1.165) is 21.5 Å². The molecule has 1 aromatic carbocycles. The van der Waals surface area contributed by atoms with Gasteiger partial charge in [0.2, 0.25) is 0 Å². The van der Waals surface area contributed by atoms with Gasteiger partial charge in [0.15, 0.2) is 5.13 Å². The summed E-state index contributed by atoms with van der Waals surface area (Å²) in [4.78, 5) is 36.6. The van der Waals surface area contributed by atoms with Crippen molar-refractivity contribution in [2.75, 3.05) is 11.9 Å². The molecule has 3 heterocycles. The lowest BCUT2D eigenvalue weighted by molar-refractivity contribution is 0.0730. The lowest BCUT2D eigenvalue weighted by atomic mass is 10.1. The van der Waals surface area contributed by atoms with Gasteiger partial charge in [-0.25, -0.2) is 14.8 Å². The van der Waals surface area contributed by atoms with Gasteiger partial charge in [-0.15, -0.1) is 0 Å². The van der Waals surface area contributed by atoms with E-state index in [-0.39, 0.29) is 18.0 Å². The van der Waals surface area contributed by atoms with Crippen LogP contribution in [0, 0.1) is 0 Å². The normalized spacial score (nSPS) is 13.5. The minimum atomic E-state index is -0.269. The molecule has 0 saturated carbocycles. The van der Waals surface area contributed by atoms with Gasteiger partial charge < -0.3 is 10.2 Å². The van der Waals surface area contributed by atoms with Gasteiger partial charge in [-0.2, -0.15) is 0 Å². The van der Waals surface area contributed by atoms with Crippen molar-refractivity contribution >= 4 is 39.3 Å². The zero-order valence-electron chi connectivity index (χ0n) is 15.7. The number of anilines is 1. The monoisotopic (exact) mass is 395 g/mol. The van der Waals surface area contributed by atoms with Gasteiger partial charge >= 0.3 is 6.03 Å². The number of urea groups is 1. The third-order valence-corrected chi connectivity index (χ3v) is 5.47. The number of benzene rings is 1. The van der Waals surface area contributed by atoms with Gasteiger partial charge in [0, 0.05) is 29.3 Å². The second kappa shape index (κ2) is 7.55. The molecular weight excluding hydrogens is 374 g/mol. The minimum absolute atomic E-state index is 0.0529. The van der Waals surface area contributed by atoms with Gasteiger partial charge in [0.1, 0.15) is 5.69 Å². The highest BCUT2D eigenvalue weighted by Gasteiger charge is 2.26. The first-order valence-corrected chi connectivity index (χ1v) is 10.0. The number of hydrogen-bond acceptors (Lipinski definition) is 5. The number of nitrogens with one attached hydrogen (secondary N) is 2. The maximum Gasteiger partial charge on any atom is 0.321 e. The molecular formula is C20H21N5O2S. The average Bonchev–Trinajstić information content (AvgIpc) is 3.07. The summed E-state index contributed by atoms with van der Waals surface area (Å²) in [5, 5.41) is 7.12. The molecule has 8 heteroatoms. The number of aromatic nitrogens is 2. The predicted molar refractivity (Wildman–Crippen MR) is 110 cm³/mol. The fourth-order valence-electron chi connectivity index (χ4n) is 3.16. The number of fused-ring (bicyclic) bond motifs is 2. The highest BCUT2D eigenvalue weighted by Crippen LogP contribution is 2.29. The Morgan fingerprint density at radius 3 is 2.79 bits per heavy atom. The van der Waals surface area contributed by atoms with Crippen LogP contribution >= 0.6 is 11.3 Å². The van der Waals surface area contributed by atoms with Crippen LogP contribution in [0.3, 0.4) is 0 Å². The summed E-state index contributed by atoms with van der Waals surface area (Å²) >= 11 is 1.41. The quantitative estimate of drug-likeness (QED) is 0.711. The molecule has 3 amide bonds. The topological polar surface area (TPSA) is 87.2 Å². The summed E-state index contributed by atoms with van der Waals surface area (Å²) < 4.78 is 0. The van der Waals surface area contributed by atoms with E-state index in [4.69, 9.17) is 0 Å². The van der Waals surface area contributed by atoms with E-state index in [9.17, 15) is 9.59 Å². The summed E-state index contributed by atoms with van der Waals surface area (Å²) in [6, 6.07) is 11.2. The van der Waals surface area contributed by atoms with E-state index in [1.165, 1.54) is 11.3 Å². The first kappa shape index (κ1) is 18.4. The standard InChI is InChI=1S/C20H21N5O2S/c1-12(2)21-19(27)24-20-23-15-9-10-25(11-17(15)28-20)18(26)16-8-7-13-5-3-4-6-14(13)22-16/h3-8,12H,9-11H2,1-2H3,(H2,21,23,24,27). The van der Waals surface area contributed by atoms with Crippen molar-refractivity contribution in [2.24, 2.45) is 0 Å². The van der Waals surface area contributed by atoms with Crippen LogP contribution in [0.5, 0.6) is 0 Å². The number of nitrogens with zero attached hydrogens (tertiary/aromatic N) is 3. The Morgan fingerprint density at radius 2 is 1.96 bits per heavy atom. The van der Waals surface area contributed by atoms with Gasteiger partial charge in [0.25, 0.3) is 5.91 Å². The molecule has 144 valence electrons.